The van der Waals surface area contributed by atoms with Crippen LogP contribution >= 0.6 is 0 Å². The monoisotopic (exact) mass is 413 g/mol. The number of Topliss-reactive ketones (excluding diaryl/α,β-unsaturated/α-hetero) is 2. The molecule has 0 saturated carbocycles. The lowest BCUT2D eigenvalue weighted by molar-refractivity contribution is -0.133. The topological polar surface area (TPSA) is 66.4 Å². The van der Waals surface area contributed by atoms with Crippen molar-refractivity contribution in [2.45, 2.75) is 80.1 Å². The molecule has 2 rings (SSSR count). The predicted molar refractivity (Wildman–Crippen MR) is 123 cm³/mol. The largest absolute Gasteiger partial charge is 0.505 e. The lowest BCUT2D eigenvalue weighted by Crippen LogP contribution is -2.38. The van der Waals surface area contributed by atoms with Gasteiger partial charge in [0.05, 0.1) is 11.3 Å². The molecule has 0 aromatic carbocycles. The summed E-state index contributed by atoms with van der Waals surface area (Å²) in [6.45, 7) is 17.1. The summed E-state index contributed by atoms with van der Waals surface area (Å²) in [5, 5.41) is 14.6. The van der Waals surface area contributed by atoms with E-state index in [1.165, 1.54) is 5.57 Å². The average Bonchev–Trinajstić information content (AvgIpc) is 2.64. The van der Waals surface area contributed by atoms with Gasteiger partial charge in [-0.25, -0.2) is 0 Å². The zero-order valence-corrected chi connectivity index (χ0v) is 19.7. The summed E-state index contributed by atoms with van der Waals surface area (Å²) in [4.78, 5) is 26.4. The maximum Gasteiger partial charge on any atom is 0.233 e. The Kier molecular flexibility index (Phi) is 7.90. The van der Waals surface area contributed by atoms with Crippen molar-refractivity contribution in [2.75, 3.05) is 6.54 Å². The molecule has 0 heterocycles. The Labute approximate surface area is 182 Å². The molecule has 166 valence electrons. The van der Waals surface area contributed by atoms with Gasteiger partial charge in [-0.15, -0.1) is 0 Å². The first-order chi connectivity index (χ1) is 14.0. The fraction of sp³-hybridized carbons (Fsp3) is 0.615. The van der Waals surface area contributed by atoms with Crippen LogP contribution in [-0.4, -0.2) is 23.2 Å². The van der Waals surface area contributed by atoms with Crippen LogP contribution in [0.15, 0.2) is 46.4 Å². The van der Waals surface area contributed by atoms with E-state index in [1.807, 2.05) is 19.9 Å². The number of rotatable bonds is 8. The second-order valence-electron chi connectivity index (χ2n) is 10.2. The SMILES string of the molecule is C=C(C)C1CCC(C)=CC1C1=C(O)C(NCC(C)(C)C)=C(CCCCC)C(=O)C1=O. The van der Waals surface area contributed by atoms with Crippen LogP contribution in [0.4, 0.5) is 0 Å². The second kappa shape index (κ2) is 9.80. The van der Waals surface area contributed by atoms with Gasteiger partial charge < -0.3 is 10.4 Å². The average molecular weight is 414 g/mol. The molecule has 0 aromatic rings. The molecular weight excluding hydrogens is 374 g/mol. The van der Waals surface area contributed by atoms with E-state index in [2.05, 4.69) is 39.6 Å². The van der Waals surface area contributed by atoms with E-state index in [0.717, 1.165) is 37.7 Å². The highest BCUT2D eigenvalue weighted by Crippen LogP contribution is 2.41. The normalized spacial score (nSPS) is 23.1. The summed E-state index contributed by atoms with van der Waals surface area (Å²) in [7, 11) is 0. The van der Waals surface area contributed by atoms with Crippen molar-refractivity contribution in [1.82, 2.24) is 5.32 Å². The number of aliphatic hydroxyl groups is 1. The molecule has 4 heteroatoms. The van der Waals surface area contributed by atoms with E-state index in [0.29, 0.717) is 24.2 Å². The van der Waals surface area contributed by atoms with Gasteiger partial charge in [-0.2, -0.15) is 0 Å². The van der Waals surface area contributed by atoms with Crippen LogP contribution in [0.3, 0.4) is 0 Å². The van der Waals surface area contributed by atoms with Crippen molar-refractivity contribution in [3.05, 3.63) is 46.4 Å². The fourth-order valence-corrected chi connectivity index (χ4v) is 4.31. The number of allylic oxidation sites excluding steroid dienone is 5. The zero-order chi connectivity index (χ0) is 22.6. The van der Waals surface area contributed by atoms with Crippen molar-refractivity contribution < 1.29 is 14.7 Å². The number of carbonyl (C=O) groups is 2. The van der Waals surface area contributed by atoms with Gasteiger partial charge in [0.25, 0.3) is 0 Å². The van der Waals surface area contributed by atoms with Crippen molar-refractivity contribution in [1.29, 1.82) is 0 Å². The third-order valence-corrected chi connectivity index (χ3v) is 6.06. The number of aliphatic hydroxyl groups excluding tert-OH is 1. The smallest absolute Gasteiger partial charge is 0.233 e. The number of unbranched alkanes of at least 4 members (excludes halogenated alkanes) is 2. The zero-order valence-electron chi connectivity index (χ0n) is 19.7. The highest BCUT2D eigenvalue weighted by Gasteiger charge is 2.41. The van der Waals surface area contributed by atoms with E-state index in [9.17, 15) is 14.7 Å². The van der Waals surface area contributed by atoms with Crippen LogP contribution in [-0.2, 0) is 9.59 Å². The van der Waals surface area contributed by atoms with Gasteiger partial charge >= 0.3 is 0 Å². The van der Waals surface area contributed by atoms with E-state index in [-0.39, 0.29) is 28.6 Å². The van der Waals surface area contributed by atoms with Crippen molar-refractivity contribution in [2.24, 2.45) is 17.3 Å². The Bertz CT molecular complexity index is 805. The van der Waals surface area contributed by atoms with Gasteiger partial charge in [-0.3, -0.25) is 9.59 Å². The van der Waals surface area contributed by atoms with Crippen LogP contribution in [0, 0.1) is 17.3 Å². The summed E-state index contributed by atoms with van der Waals surface area (Å²) < 4.78 is 0. The van der Waals surface area contributed by atoms with Crippen LogP contribution in [0.1, 0.15) is 80.1 Å². The molecule has 0 spiro atoms. The number of hydrogen-bond acceptors (Lipinski definition) is 4. The van der Waals surface area contributed by atoms with E-state index in [1.54, 1.807) is 0 Å². The van der Waals surface area contributed by atoms with Gasteiger partial charge in [0.2, 0.25) is 11.6 Å². The van der Waals surface area contributed by atoms with Crippen molar-refractivity contribution >= 4 is 11.6 Å². The molecule has 2 atom stereocenters. The fourth-order valence-electron chi connectivity index (χ4n) is 4.31. The van der Waals surface area contributed by atoms with E-state index in [4.69, 9.17) is 0 Å². The third kappa shape index (κ3) is 5.53. The predicted octanol–water partition coefficient (Wildman–Crippen LogP) is 5.97. The Morgan fingerprint density at radius 3 is 2.47 bits per heavy atom. The quantitative estimate of drug-likeness (QED) is 0.223. The number of nitrogens with one attached hydrogen (secondary N) is 1. The van der Waals surface area contributed by atoms with Gasteiger partial charge in [-0.05, 0) is 50.9 Å². The molecule has 0 radical (unpaired) electrons. The van der Waals surface area contributed by atoms with Crippen LogP contribution in [0.5, 0.6) is 0 Å². The van der Waals surface area contributed by atoms with Crippen molar-refractivity contribution in [3.8, 4) is 0 Å². The van der Waals surface area contributed by atoms with Crippen molar-refractivity contribution in [3.63, 3.8) is 0 Å². The molecule has 4 nitrogen and oxygen atoms in total. The summed E-state index contributed by atoms with van der Waals surface area (Å²) in [6.07, 6.45) is 7.20. The maximum atomic E-state index is 13.2. The van der Waals surface area contributed by atoms with Crippen LogP contribution in [0.2, 0.25) is 0 Å². The lowest BCUT2D eigenvalue weighted by Gasteiger charge is -2.34. The first-order valence-electron chi connectivity index (χ1n) is 11.3. The summed E-state index contributed by atoms with van der Waals surface area (Å²) >= 11 is 0. The maximum absolute atomic E-state index is 13.2. The van der Waals surface area contributed by atoms with Gasteiger partial charge in [-0.1, -0.05) is 64.3 Å². The number of hydrogen-bond donors (Lipinski definition) is 2. The first-order valence-corrected chi connectivity index (χ1v) is 11.3. The molecule has 0 saturated heterocycles. The van der Waals surface area contributed by atoms with Gasteiger partial charge in [0, 0.05) is 18.0 Å². The minimum Gasteiger partial charge on any atom is -0.505 e. The molecule has 30 heavy (non-hydrogen) atoms. The molecule has 2 aliphatic rings. The highest BCUT2D eigenvalue weighted by atomic mass is 16.3. The summed E-state index contributed by atoms with van der Waals surface area (Å²) in [5.41, 5.74) is 3.25. The molecule has 0 fully saturated rings. The Morgan fingerprint density at radius 1 is 1.23 bits per heavy atom. The van der Waals surface area contributed by atoms with Gasteiger partial charge in [0.1, 0.15) is 5.76 Å². The Balaban J connectivity index is 2.58. The summed E-state index contributed by atoms with van der Waals surface area (Å²) in [5.74, 6) is -1.32. The first kappa shape index (κ1) is 24.2. The standard InChI is InChI=1S/C26H39NO3/c1-8-9-10-11-19-22(27-15-26(5,6)7)24(29)21(25(30)23(19)28)20-14-17(4)12-13-18(20)16(2)3/h14,18,20,27,29H,2,8-13,15H2,1,3-7H3. The second-order valence-corrected chi connectivity index (χ2v) is 10.2. The lowest BCUT2D eigenvalue weighted by atomic mass is 9.70. The molecule has 2 unspecified atom stereocenters. The molecule has 0 aliphatic heterocycles. The van der Waals surface area contributed by atoms with Crippen LogP contribution in [0.25, 0.3) is 0 Å². The molecule has 0 bridgehead atoms. The highest BCUT2D eigenvalue weighted by molar-refractivity contribution is 6.50. The molecule has 0 aromatic heterocycles. The minimum atomic E-state index is -0.553. The summed E-state index contributed by atoms with van der Waals surface area (Å²) in [6, 6.07) is 0. The third-order valence-electron chi connectivity index (χ3n) is 6.06. The minimum absolute atomic E-state index is 0.0337. The van der Waals surface area contributed by atoms with Crippen LogP contribution < -0.4 is 5.32 Å². The van der Waals surface area contributed by atoms with Gasteiger partial charge in [0.15, 0.2) is 0 Å². The number of ketones is 2. The molecule has 2 aliphatic carbocycles. The van der Waals surface area contributed by atoms with E-state index >= 15 is 0 Å². The Hall–Kier alpha value is -2.10. The number of carbonyl (C=O) groups excluding carboxylic acids is 2. The molecule has 2 N–H and O–H groups in total. The molecular formula is C26H39NO3. The Morgan fingerprint density at radius 2 is 1.90 bits per heavy atom. The molecule has 0 amide bonds. The van der Waals surface area contributed by atoms with E-state index < -0.39 is 11.6 Å².